The quantitative estimate of drug-likeness (QED) is 0.660. The van der Waals surface area contributed by atoms with Crippen molar-refractivity contribution in [3.8, 4) is 0 Å². The van der Waals surface area contributed by atoms with Crippen LogP contribution in [0, 0.1) is 22.0 Å². The molecule has 0 aliphatic heterocycles. The molecule has 1 fully saturated rings. The maximum absolute atomic E-state index is 12.8. The largest absolute Gasteiger partial charge is 0.269 e. The second kappa shape index (κ2) is 6.48. The first-order chi connectivity index (χ1) is 12.4. The zero-order valence-electron chi connectivity index (χ0n) is 14.2. The molecular weight excluding hydrogens is 352 g/mol. The lowest BCUT2D eigenvalue weighted by atomic mass is 9.94. The van der Waals surface area contributed by atoms with Crippen LogP contribution in [0.3, 0.4) is 0 Å². The van der Waals surface area contributed by atoms with Crippen LogP contribution in [-0.2, 0) is 22.9 Å². The molecule has 1 saturated carbocycles. The highest BCUT2D eigenvalue weighted by molar-refractivity contribution is 7.89. The molecular formula is C19H20N2O4S. The van der Waals surface area contributed by atoms with Gasteiger partial charge in [-0.05, 0) is 60.8 Å². The van der Waals surface area contributed by atoms with E-state index in [0.717, 1.165) is 25.7 Å². The molecule has 26 heavy (non-hydrogen) atoms. The Morgan fingerprint density at radius 3 is 1.96 bits per heavy atom. The Kier molecular flexibility index (Phi) is 4.28. The van der Waals surface area contributed by atoms with Gasteiger partial charge in [-0.25, -0.2) is 13.1 Å². The summed E-state index contributed by atoms with van der Waals surface area (Å²) in [5.41, 5.74) is 2.52. The summed E-state index contributed by atoms with van der Waals surface area (Å²) in [5.74, 6) is 0.577. The van der Waals surface area contributed by atoms with Gasteiger partial charge >= 0.3 is 0 Å². The lowest BCUT2D eigenvalue weighted by Gasteiger charge is -2.23. The van der Waals surface area contributed by atoms with Crippen molar-refractivity contribution < 1.29 is 13.3 Å². The Morgan fingerprint density at radius 1 is 0.923 bits per heavy atom. The Hall–Kier alpha value is -2.25. The lowest BCUT2D eigenvalue weighted by Crippen LogP contribution is -2.41. The second-order valence-electron chi connectivity index (χ2n) is 7.17. The number of nitro benzene ring substituents is 1. The summed E-state index contributed by atoms with van der Waals surface area (Å²) in [5, 5.41) is 10.8. The van der Waals surface area contributed by atoms with Crippen molar-refractivity contribution in [2.24, 2.45) is 11.8 Å². The third-order valence-electron chi connectivity index (χ3n) is 5.66. The van der Waals surface area contributed by atoms with Crippen molar-refractivity contribution in [3.05, 3.63) is 69.8 Å². The molecule has 1 N–H and O–H groups in total. The van der Waals surface area contributed by atoms with Crippen LogP contribution in [0.15, 0.2) is 53.4 Å². The first-order valence-electron chi connectivity index (χ1n) is 8.77. The normalized spacial score (nSPS) is 24.7. The Bertz CT molecular complexity index is 907. The molecule has 7 heteroatoms. The number of sulfonamides is 1. The molecule has 4 rings (SSSR count). The summed E-state index contributed by atoms with van der Waals surface area (Å²) in [7, 11) is -3.70. The van der Waals surface area contributed by atoms with E-state index < -0.39 is 14.9 Å². The molecule has 2 atom stereocenters. The molecule has 2 aromatic carbocycles. The van der Waals surface area contributed by atoms with E-state index in [1.807, 2.05) is 12.1 Å². The average Bonchev–Trinajstić information content (AvgIpc) is 2.88. The summed E-state index contributed by atoms with van der Waals surface area (Å²) in [6.07, 6.45) is 3.82. The van der Waals surface area contributed by atoms with E-state index in [1.165, 1.54) is 35.4 Å². The topological polar surface area (TPSA) is 89.3 Å². The van der Waals surface area contributed by atoms with Crippen LogP contribution in [0.5, 0.6) is 0 Å². The molecule has 0 heterocycles. The third kappa shape index (κ3) is 3.12. The molecule has 0 aromatic heterocycles. The van der Waals surface area contributed by atoms with Gasteiger partial charge in [0, 0.05) is 18.2 Å². The van der Waals surface area contributed by atoms with Crippen molar-refractivity contribution in [3.63, 3.8) is 0 Å². The molecule has 0 saturated heterocycles. The van der Waals surface area contributed by atoms with Gasteiger partial charge in [0.2, 0.25) is 10.0 Å². The minimum Gasteiger partial charge on any atom is -0.258 e. The summed E-state index contributed by atoms with van der Waals surface area (Å²) in [6, 6.07) is 13.3. The predicted octanol–water partition coefficient (Wildman–Crippen LogP) is 3.07. The van der Waals surface area contributed by atoms with Gasteiger partial charge in [-0.2, -0.15) is 0 Å². The number of hydrogen-bond donors (Lipinski definition) is 1. The van der Waals surface area contributed by atoms with Crippen molar-refractivity contribution in [2.75, 3.05) is 0 Å². The number of nitro groups is 1. The van der Waals surface area contributed by atoms with E-state index >= 15 is 0 Å². The zero-order valence-corrected chi connectivity index (χ0v) is 15.0. The number of non-ortho nitro benzene ring substituents is 1. The van der Waals surface area contributed by atoms with Gasteiger partial charge < -0.3 is 0 Å². The van der Waals surface area contributed by atoms with Gasteiger partial charge in [-0.1, -0.05) is 24.3 Å². The highest BCUT2D eigenvalue weighted by Crippen LogP contribution is 2.40. The highest BCUT2D eigenvalue weighted by atomic mass is 32.2. The van der Waals surface area contributed by atoms with E-state index in [9.17, 15) is 18.5 Å². The van der Waals surface area contributed by atoms with Crippen LogP contribution in [-0.4, -0.2) is 19.4 Å². The summed E-state index contributed by atoms with van der Waals surface area (Å²) in [4.78, 5) is 10.3. The van der Waals surface area contributed by atoms with Gasteiger partial charge in [-0.15, -0.1) is 0 Å². The monoisotopic (exact) mass is 372 g/mol. The lowest BCUT2D eigenvalue weighted by molar-refractivity contribution is -0.384. The third-order valence-corrected chi connectivity index (χ3v) is 7.13. The molecule has 6 nitrogen and oxygen atoms in total. The number of fused-ring (bicyclic) bond motifs is 3. The minimum absolute atomic E-state index is 0.0734. The number of hydrogen-bond acceptors (Lipinski definition) is 4. The average molecular weight is 372 g/mol. The molecule has 136 valence electrons. The van der Waals surface area contributed by atoms with E-state index in [4.69, 9.17) is 0 Å². The standard InChI is InChI=1S/C19H20N2O4S/c22-21(23)17-7-9-18(10-8-17)26(24,25)20-19-15-5-6-16(19)12-14-4-2-1-3-13(14)11-15/h1-4,7-10,15-16,19-20H,5-6,11-12H2. The first-order valence-corrected chi connectivity index (χ1v) is 10.3. The smallest absolute Gasteiger partial charge is 0.258 e. The van der Waals surface area contributed by atoms with E-state index in [1.54, 1.807) is 0 Å². The summed E-state index contributed by atoms with van der Waals surface area (Å²) < 4.78 is 28.5. The molecule has 2 aliphatic carbocycles. The van der Waals surface area contributed by atoms with Crippen molar-refractivity contribution in [1.82, 2.24) is 4.72 Å². The van der Waals surface area contributed by atoms with Gasteiger partial charge in [0.1, 0.15) is 0 Å². The molecule has 2 aromatic rings. The maximum atomic E-state index is 12.8. The SMILES string of the molecule is O=[N+]([O-])c1ccc(S(=O)(=O)NC2C3CCC2Cc2ccccc2C3)cc1. The van der Waals surface area contributed by atoms with Crippen LogP contribution in [0.25, 0.3) is 0 Å². The number of nitrogens with one attached hydrogen (secondary N) is 1. The highest BCUT2D eigenvalue weighted by Gasteiger charge is 2.41. The van der Waals surface area contributed by atoms with E-state index in [-0.39, 0.29) is 28.5 Å². The zero-order chi connectivity index (χ0) is 18.3. The fourth-order valence-corrected chi connectivity index (χ4v) is 5.71. The van der Waals surface area contributed by atoms with Gasteiger partial charge in [0.15, 0.2) is 0 Å². The number of benzene rings is 2. The van der Waals surface area contributed by atoms with Gasteiger partial charge in [-0.3, -0.25) is 10.1 Å². The van der Waals surface area contributed by atoms with E-state index in [2.05, 4.69) is 16.9 Å². The minimum atomic E-state index is -3.70. The fourth-order valence-electron chi connectivity index (χ4n) is 4.34. The van der Waals surface area contributed by atoms with Crippen LogP contribution in [0.1, 0.15) is 24.0 Å². The van der Waals surface area contributed by atoms with Gasteiger partial charge in [0.25, 0.3) is 5.69 Å². The second-order valence-corrected chi connectivity index (χ2v) is 8.89. The molecule has 0 amide bonds. The number of rotatable bonds is 4. The molecule has 2 aliphatic rings. The van der Waals surface area contributed by atoms with Crippen molar-refractivity contribution >= 4 is 15.7 Å². The summed E-state index contributed by atoms with van der Waals surface area (Å²) in [6.45, 7) is 0. The van der Waals surface area contributed by atoms with Crippen LogP contribution >= 0.6 is 0 Å². The van der Waals surface area contributed by atoms with Gasteiger partial charge in [0.05, 0.1) is 9.82 Å². The summed E-state index contributed by atoms with van der Waals surface area (Å²) >= 11 is 0. The molecule has 0 spiro atoms. The Labute approximate surface area is 152 Å². The van der Waals surface area contributed by atoms with Crippen molar-refractivity contribution in [1.29, 1.82) is 0 Å². The maximum Gasteiger partial charge on any atom is 0.269 e. The van der Waals surface area contributed by atoms with E-state index in [0.29, 0.717) is 0 Å². The first kappa shape index (κ1) is 17.2. The molecule has 0 radical (unpaired) electrons. The molecule has 2 bridgehead atoms. The fraction of sp³-hybridized carbons (Fsp3) is 0.368. The predicted molar refractivity (Wildman–Crippen MR) is 97.3 cm³/mol. The van der Waals surface area contributed by atoms with Crippen LogP contribution < -0.4 is 4.72 Å². The number of nitrogens with zero attached hydrogens (tertiary/aromatic N) is 1. The van der Waals surface area contributed by atoms with Crippen LogP contribution in [0.2, 0.25) is 0 Å². The van der Waals surface area contributed by atoms with Crippen LogP contribution in [0.4, 0.5) is 5.69 Å². The molecule has 2 unspecified atom stereocenters. The Balaban J connectivity index is 1.58. The Morgan fingerprint density at radius 2 is 1.46 bits per heavy atom. The van der Waals surface area contributed by atoms with Crippen molar-refractivity contribution in [2.45, 2.75) is 36.6 Å².